The number of carbonyl (C=O) groups is 1. The fraction of sp³-hybridized carbons (Fsp3) is 0.522. The molecule has 0 radical (unpaired) electrons. The summed E-state index contributed by atoms with van der Waals surface area (Å²) in [6.45, 7) is 8.57. The molecule has 1 amide bonds. The van der Waals surface area contributed by atoms with Crippen molar-refractivity contribution in [3.05, 3.63) is 41.6 Å². The number of nitrogens with zero attached hydrogens (tertiary/aromatic N) is 5. The Labute approximate surface area is 173 Å². The molecule has 0 saturated carbocycles. The summed E-state index contributed by atoms with van der Waals surface area (Å²) in [5, 5.41) is 0. The summed E-state index contributed by atoms with van der Waals surface area (Å²) in [4.78, 5) is 29.4. The van der Waals surface area contributed by atoms with Crippen LogP contribution >= 0.6 is 0 Å². The molecular formula is C23H31N5O. The second-order valence-electron chi connectivity index (χ2n) is 8.43. The van der Waals surface area contributed by atoms with Crippen LogP contribution in [0.4, 0.5) is 5.82 Å². The van der Waals surface area contributed by atoms with Gasteiger partial charge in [0, 0.05) is 50.5 Å². The highest BCUT2D eigenvalue weighted by atomic mass is 16.2. The molecule has 29 heavy (non-hydrogen) atoms. The first-order valence-corrected chi connectivity index (χ1v) is 10.7. The highest BCUT2D eigenvalue weighted by molar-refractivity contribution is 5.99. The Morgan fingerprint density at radius 2 is 1.76 bits per heavy atom. The minimum atomic E-state index is 0.0568. The fourth-order valence-corrected chi connectivity index (χ4v) is 4.18. The van der Waals surface area contributed by atoms with Crippen molar-refractivity contribution in [2.45, 2.75) is 39.2 Å². The first kappa shape index (κ1) is 19.8. The van der Waals surface area contributed by atoms with Crippen LogP contribution in [0.15, 0.2) is 30.5 Å². The number of hydrogen-bond acceptors (Lipinski definition) is 5. The average molecular weight is 394 g/mol. The van der Waals surface area contributed by atoms with Crippen LogP contribution in [0, 0.1) is 6.92 Å². The second kappa shape index (κ2) is 8.49. The van der Waals surface area contributed by atoms with Gasteiger partial charge in [0.05, 0.1) is 0 Å². The van der Waals surface area contributed by atoms with Gasteiger partial charge in [-0.1, -0.05) is 29.8 Å². The largest absolute Gasteiger partial charge is 0.353 e. The fourth-order valence-electron chi connectivity index (χ4n) is 4.18. The topological polar surface area (TPSA) is 52.6 Å². The van der Waals surface area contributed by atoms with Crippen molar-refractivity contribution in [1.82, 2.24) is 19.8 Å². The third-order valence-corrected chi connectivity index (χ3v) is 6.17. The van der Waals surface area contributed by atoms with E-state index in [0.29, 0.717) is 17.4 Å². The Hall–Kier alpha value is -2.47. The SMILES string of the molecule is Cc1ccc(-c2ncc(C(=O)N3CCN(C)CC3)c(N3CCCCC3C)n2)cc1. The van der Waals surface area contributed by atoms with Gasteiger partial charge in [0.2, 0.25) is 0 Å². The minimum Gasteiger partial charge on any atom is -0.353 e. The van der Waals surface area contributed by atoms with Crippen LogP contribution in [0.25, 0.3) is 11.4 Å². The van der Waals surface area contributed by atoms with Gasteiger partial charge in [0.15, 0.2) is 5.82 Å². The van der Waals surface area contributed by atoms with Crippen LogP contribution in [0.3, 0.4) is 0 Å². The normalized spacial score (nSPS) is 20.7. The maximum atomic E-state index is 13.4. The van der Waals surface area contributed by atoms with E-state index in [0.717, 1.165) is 56.9 Å². The molecular weight excluding hydrogens is 362 g/mol. The molecule has 154 valence electrons. The van der Waals surface area contributed by atoms with Crippen molar-refractivity contribution >= 4 is 11.7 Å². The van der Waals surface area contributed by atoms with Gasteiger partial charge in [0.1, 0.15) is 11.4 Å². The number of piperazine rings is 1. The van der Waals surface area contributed by atoms with Crippen molar-refractivity contribution in [3.63, 3.8) is 0 Å². The number of hydrogen-bond donors (Lipinski definition) is 0. The predicted molar refractivity (Wildman–Crippen MR) is 116 cm³/mol. The number of benzene rings is 1. The van der Waals surface area contributed by atoms with Crippen molar-refractivity contribution in [1.29, 1.82) is 0 Å². The minimum absolute atomic E-state index is 0.0568. The van der Waals surface area contributed by atoms with E-state index < -0.39 is 0 Å². The predicted octanol–water partition coefficient (Wildman–Crippen LogP) is 3.22. The standard InChI is InChI=1S/C23H31N5O/c1-17-7-9-19(10-8-17)21-24-16-20(23(29)27-14-12-26(3)13-15-27)22(25-21)28-11-5-4-6-18(28)2/h7-10,16,18H,4-6,11-15H2,1-3H3. The van der Waals surface area contributed by atoms with Crippen molar-refractivity contribution in [3.8, 4) is 11.4 Å². The van der Waals surface area contributed by atoms with Crippen LogP contribution in [0.5, 0.6) is 0 Å². The molecule has 0 bridgehead atoms. The molecule has 4 rings (SSSR count). The number of carbonyl (C=O) groups excluding carboxylic acids is 1. The Morgan fingerprint density at radius 3 is 2.45 bits per heavy atom. The van der Waals surface area contributed by atoms with Crippen LogP contribution < -0.4 is 4.90 Å². The molecule has 2 fully saturated rings. The summed E-state index contributed by atoms with van der Waals surface area (Å²) in [5.74, 6) is 1.54. The average Bonchev–Trinajstić information content (AvgIpc) is 2.74. The lowest BCUT2D eigenvalue weighted by molar-refractivity contribution is 0.0663. The molecule has 1 atom stereocenters. The summed E-state index contributed by atoms with van der Waals surface area (Å²) < 4.78 is 0. The first-order chi connectivity index (χ1) is 14.0. The van der Waals surface area contributed by atoms with Gasteiger partial charge in [-0.15, -0.1) is 0 Å². The first-order valence-electron chi connectivity index (χ1n) is 10.7. The quantitative estimate of drug-likeness (QED) is 0.801. The molecule has 3 heterocycles. The van der Waals surface area contributed by atoms with E-state index in [4.69, 9.17) is 4.98 Å². The third kappa shape index (κ3) is 4.27. The lowest BCUT2D eigenvalue weighted by Crippen LogP contribution is -2.48. The highest BCUT2D eigenvalue weighted by Crippen LogP contribution is 2.29. The van der Waals surface area contributed by atoms with Crippen LogP contribution in [-0.2, 0) is 0 Å². The molecule has 6 nitrogen and oxygen atoms in total. The van der Waals surface area contributed by atoms with Crippen LogP contribution in [-0.4, -0.2) is 71.5 Å². The lowest BCUT2D eigenvalue weighted by Gasteiger charge is -2.37. The number of anilines is 1. The Balaban J connectivity index is 1.71. The summed E-state index contributed by atoms with van der Waals surface area (Å²) in [6.07, 6.45) is 5.25. The van der Waals surface area contributed by atoms with Crippen LogP contribution in [0.2, 0.25) is 0 Å². The Bertz CT molecular complexity index is 858. The molecule has 1 aromatic heterocycles. The van der Waals surface area contributed by atoms with Gasteiger partial charge in [-0.3, -0.25) is 4.79 Å². The molecule has 6 heteroatoms. The number of aryl methyl sites for hydroxylation is 1. The van der Waals surface area contributed by atoms with E-state index in [9.17, 15) is 4.79 Å². The smallest absolute Gasteiger partial charge is 0.259 e. The lowest BCUT2D eigenvalue weighted by atomic mass is 10.0. The number of piperidine rings is 1. The summed E-state index contributed by atoms with van der Waals surface area (Å²) in [5.41, 5.74) is 2.83. The van der Waals surface area contributed by atoms with Gasteiger partial charge in [-0.2, -0.15) is 0 Å². The van der Waals surface area contributed by atoms with E-state index in [1.54, 1.807) is 6.20 Å². The zero-order valence-corrected chi connectivity index (χ0v) is 17.8. The zero-order valence-electron chi connectivity index (χ0n) is 17.8. The van der Waals surface area contributed by atoms with Gasteiger partial charge < -0.3 is 14.7 Å². The Morgan fingerprint density at radius 1 is 1.03 bits per heavy atom. The van der Waals surface area contributed by atoms with E-state index in [1.165, 1.54) is 12.0 Å². The molecule has 1 unspecified atom stereocenters. The van der Waals surface area contributed by atoms with E-state index >= 15 is 0 Å². The third-order valence-electron chi connectivity index (χ3n) is 6.17. The number of aromatic nitrogens is 2. The molecule has 2 saturated heterocycles. The van der Waals surface area contributed by atoms with E-state index in [1.807, 2.05) is 4.90 Å². The summed E-state index contributed by atoms with van der Waals surface area (Å²) >= 11 is 0. The Kier molecular flexibility index (Phi) is 5.81. The monoisotopic (exact) mass is 393 g/mol. The number of amides is 1. The summed E-state index contributed by atoms with van der Waals surface area (Å²) in [7, 11) is 2.10. The molecule has 2 aliphatic rings. The van der Waals surface area contributed by atoms with E-state index in [2.05, 4.69) is 59.9 Å². The van der Waals surface area contributed by atoms with Gasteiger partial charge in [-0.05, 0) is 40.2 Å². The maximum Gasteiger partial charge on any atom is 0.259 e. The number of likely N-dealkylation sites (N-methyl/N-ethyl adjacent to an activating group) is 1. The van der Waals surface area contributed by atoms with Gasteiger partial charge in [0.25, 0.3) is 5.91 Å². The summed E-state index contributed by atoms with van der Waals surface area (Å²) in [6, 6.07) is 8.63. The zero-order chi connectivity index (χ0) is 20.4. The van der Waals surface area contributed by atoms with Crippen molar-refractivity contribution in [2.24, 2.45) is 0 Å². The highest BCUT2D eigenvalue weighted by Gasteiger charge is 2.29. The molecule has 1 aromatic carbocycles. The van der Waals surface area contributed by atoms with Gasteiger partial charge in [-0.25, -0.2) is 9.97 Å². The van der Waals surface area contributed by atoms with Crippen LogP contribution in [0.1, 0.15) is 42.1 Å². The molecule has 2 aliphatic heterocycles. The molecule has 2 aromatic rings. The molecule has 0 aliphatic carbocycles. The second-order valence-corrected chi connectivity index (χ2v) is 8.43. The molecule has 0 N–H and O–H groups in total. The number of rotatable bonds is 3. The molecule has 0 spiro atoms. The van der Waals surface area contributed by atoms with E-state index in [-0.39, 0.29) is 5.91 Å². The van der Waals surface area contributed by atoms with Crippen molar-refractivity contribution in [2.75, 3.05) is 44.7 Å². The van der Waals surface area contributed by atoms with Crippen molar-refractivity contribution < 1.29 is 4.79 Å². The van der Waals surface area contributed by atoms with Gasteiger partial charge >= 0.3 is 0 Å². The maximum absolute atomic E-state index is 13.4.